The van der Waals surface area contributed by atoms with Crippen LogP contribution in [0.3, 0.4) is 0 Å². The Kier molecular flexibility index (Phi) is 3.93. The molecule has 0 fully saturated rings. The Balaban J connectivity index is 2.22. The standard InChI is InChI=1S/C14H12F2N2O2/c1-8-4-13(11(7-17-8)14(19)20)18-6-9-2-3-10(15)5-12(9)16/h2-5,7H,6H2,1H3,(H,17,18)(H,19,20). The van der Waals surface area contributed by atoms with Crippen molar-refractivity contribution in [3.63, 3.8) is 0 Å². The zero-order chi connectivity index (χ0) is 14.7. The third-order valence-corrected chi connectivity index (χ3v) is 2.76. The van der Waals surface area contributed by atoms with Crippen LogP contribution < -0.4 is 5.32 Å². The van der Waals surface area contributed by atoms with Crippen molar-refractivity contribution in [3.8, 4) is 0 Å². The van der Waals surface area contributed by atoms with Crippen LogP contribution in [0.25, 0.3) is 0 Å². The third-order valence-electron chi connectivity index (χ3n) is 2.76. The molecule has 4 nitrogen and oxygen atoms in total. The molecule has 2 N–H and O–H groups in total. The number of aromatic carboxylic acids is 1. The van der Waals surface area contributed by atoms with Gasteiger partial charge in [-0.15, -0.1) is 0 Å². The molecule has 2 rings (SSSR count). The quantitative estimate of drug-likeness (QED) is 0.902. The summed E-state index contributed by atoms with van der Waals surface area (Å²) in [5.41, 5.74) is 1.22. The fraction of sp³-hybridized carbons (Fsp3) is 0.143. The van der Waals surface area contributed by atoms with Crippen LogP contribution in [0, 0.1) is 18.6 Å². The zero-order valence-corrected chi connectivity index (χ0v) is 10.7. The molecule has 1 aromatic carbocycles. The summed E-state index contributed by atoms with van der Waals surface area (Å²) >= 11 is 0. The smallest absolute Gasteiger partial charge is 0.339 e. The fourth-order valence-corrected chi connectivity index (χ4v) is 1.73. The van der Waals surface area contributed by atoms with E-state index < -0.39 is 17.6 Å². The van der Waals surface area contributed by atoms with Gasteiger partial charge < -0.3 is 10.4 Å². The summed E-state index contributed by atoms with van der Waals surface area (Å²) in [5, 5.41) is 11.9. The highest BCUT2D eigenvalue weighted by Gasteiger charge is 2.11. The molecule has 104 valence electrons. The van der Waals surface area contributed by atoms with Gasteiger partial charge in [-0.05, 0) is 19.1 Å². The first-order chi connectivity index (χ1) is 9.47. The van der Waals surface area contributed by atoms with Gasteiger partial charge >= 0.3 is 5.97 Å². The molecule has 1 heterocycles. The number of halogens is 2. The Bertz CT molecular complexity index is 660. The molecule has 0 radical (unpaired) electrons. The SMILES string of the molecule is Cc1cc(NCc2ccc(F)cc2F)c(C(=O)O)cn1. The van der Waals surface area contributed by atoms with Gasteiger partial charge in [-0.1, -0.05) is 6.07 Å². The summed E-state index contributed by atoms with van der Waals surface area (Å²) in [7, 11) is 0. The largest absolute Gasteiger partial charge is 0.478 e. The summed E-state index contributed by atoms with van der Waals surface area (Å²) in [5.74, 6) is -2.46. The lowest BCUT2D eigenvalue weighted by Gasteiger charge is -2.10. The highest BCUT2D eigenvalue weighted by molar-refractivity contribution is 5.93. The van der Waals surface area contributed by atoms with Crippen molar-refractivity contribution < 1.29 is 18.7 Å². The summed E-state index contributed by atoms with van der Waals surface area (Å²) in [6.45, 7) is 1.77. The minimum absolute atomic E-state index is 0.00174. The van der Waals surface area contributed by atoms with Gasteiger partial charge in [-0.3, -0.25) is 4.98 Å². The van der Waals surface area contributed by atoms with Crippen LogP contribution in [0.4, 0.5) is 14.5 Å². The molecule has 2 aromatic rings. The van der Waals surface area contributed by atoms with Crippen molar-refractivity contribution in [3.05, 3.63) is 58.9 Å². The van der Waals surface area contributed by atoms with Crippen LogP contribution in [0.2, 0.25) is 0 Å². The van der Waals surface area contributed by atoms with Crippen molar-refractivity contribution in [2.24, 2.45) is 0 Å². The Labute approximate surface area is 114 Å². The maximum absolute atomic E-state index is 13.5. The molecule has 0 aliphatic rings. The summed E-state index contributed by atoms with van der Waals surface area (Å²) in [6, 6.07) is 4.81. The summed E-state index contributed by atoms with van der Waals surface area (Å²) < 4.78 is 26.3. The van der Waals surface area contributed by atoms with Gasteiger partial charge in [0, 0.05) is 30.1 Å². The first kappa shape index (κ1) is 13.9. The molecule has 0 atom stereocenters. The molecule has 0 unspecified atom stereocenters. The van der Waals surface area contributed by atoms with Crippen molar-refractivity contribution in [2.45, 2.75) is 13.5 Å². The van der Waals surface area contributed by atoms with E-state index in [1.165, 1.54) is 12.3 Å². The van der Waals surface area contributed by atoms with Crippen LogP contribution in [0.5, 0.6) is 0 Å². The van der Waals surface area contributed by atoms with Crippen molar-refractivity contribution >= 4 is 11.7 Å². The number of hydrogen-bond donors (Lipinski definition) is 2. The van der Waals surface area contributed by atoms with E-state index in [9.17, 15) is 13.6 Å². The maximum atomic E-state index is 13.5. The highest BCUT2D eigenvalue weighted by Crippen LogP contribution is 2.18. The average molecular weight is 278 g/mol. The second kappa shape index (κ2) is 5.64. The van der Waals surface area contributed by atoms with Crippen LogP contribution in [0.1, 0.15) is 21.6 Å². The molecule has 0 aliphatic heterocycles. The Morgan fingerprint density at radius 3 is 2.75 bits per heavy atom. The van der Waals surface area contributed by atoms with E-state index in [1.807, 2.05) is 0 Å². The number of carbonyl (C=O) groups is 1. The number of carboxylic acids is 1. The van der Waals surface area contributed by atoms with E-state index >= 15 is 0 Å². The van der Waals surface area contributed by atoms with Crippen molar-refractivity contribution in [1.29, 1.82) is 0 Å². The lowest BCUT2D eigenvalue weighted by Crippen LogP contribution is -2.08. The highest BCUT2D eigenvalue weighted by atomic mass is 19.1. The van der Waals surface area contributed by atoms with Gasteiger partial charge in [0.1, 0.15) is 17.2 Å². The first-order valence-electron chi connectivity index (χ1n) is 5.85. The zero-order valence-electron chi connectivity index (χ0n) is 10.7. The van der Waals surface area contributed by atoms with Crippen LogP contribution in [-0.2, 0) is 6.54 Å². The van der Waals surface area contributed by atoms with Gasteiger partial charge in [-0.2, -0.15) is 0 Å². The summed E-state index contributed by atoms with van der Waals surface area (Å²) in [6.07, 6.45) is 1.24. The number of anilines is 1. The van der Waals surface area contributed by atoms with Crippen LogP contribution in [0.15, 0.2) is 30.5 Å². The molecule has 0 saturated carbocycles. The lowest BCUT2D eigenvalue weighted by molar-refractivity contribution is 0.0697. The molecule has 0 saturated heterocycles. The Hall–Kier alpha value is -2.50. The average Bonchev–Trinajstić information content (AvgIpc) is 2.37. The molecule has 0 spiro atoms. The van der Waals surface area contributed by atoms with Crippen molar-refractivity contribution in [2.75, 3.05) is 5.32 Å². The minimum atomic E-state index is -1.13. The van der Waals surface area contributed by atoms with Crippen molar-refractivity contribution in [1.82, 2.24) is 4.98 Å². The number of aryl methyl sites for hydroxylation is 1. The number of benzene rings is 1. The maximum Gasteiger partial charge on any atom is 0.339 e. The number of hydrogen-bond acceptors (Lipinski definition) is 3. The predicted octanol–water partition coefficient (Wildman–Crippen LogP) is 2.98. The molecule has 20 heavy (non-hydrogen) atoms. The molecule has 1 aromatic heterocycles. The van der Waals surface area contributed by atoms with Gasteiger partial charge in [0.15, 0.2) is 0 Å². The molecular formula is C14H12F2N2O2. The van der Waals surface area contributed by atoms with E-state index in [0.717, 1.165) is 12.1 Å². The van der Waals surface area contributed by atoms with Gasteiger partial charge in [0.05, 0.1) is 5.69 Å². The van der Waals surface area contributed by atoms with E-state index in [2.05, 4.69) is 10.3 Å². The van der Waals surface area contributed by atoms with E-state index in [0.29, 0.717) is 11.4 Å². The monoisotopic (exact) mass is 278 g/mol. The Morgan fingerprint density at radius 2 is 2.10 bits per heavy atom. The topological polar surface area (TPSA) is 62.2 Å². The number of pyridine rings is 1. The number of nitrogens with one attached hydrogen (secondary N) is 1. The van der Waals surface area contributed by atoms with E-state index in [1.54, 1.807) is 13.0 Å². The second-order valence-corrected chi connectivity index (χ2v) is 4.27. The van der Waals surface area contributed by atoms with Crippen LogP contribution >= 0.6 is 0 Å². The molecular weight excluding hydrogens is 266 g/mol. The second-order valence-electron chi connectivity index (χ2n) is 4.27. The fourth-order valence-electron chi connectivity index (χ4n) is 1.73. The minimum Gasteiger partial charge on any atom is -0.478 e. The predicted molar refractivity (Wildman–Crippen MR) is 69.6 cm³/mol. The van der Waals surface area contributed by atoms with Crippen LogP contribution in [-0.4, -0.2) is 16.1 Å². The number of rotatable bonds is 4. The van der Waals surface area contributed by atoms with Gasteiger partial charge in [-0.25, -0.2) is 13.6 Å². The van der Waals surface area contributed by atoms with E-state index in [4.69, 9.17) is 5.11 Å². The Morgan fingerprint density at radius 1 is 1.35 bits per heavy atom. The third kappa shape index (κ3) is 3.09. The molecule has 0 amide bonds. The number of aromatic nitrogens is 1. The number of carboxylic acid groups (broad SMARTS) is 1. The van der Waals surface area contributed by atoms with Gasteiger partial charge in [0.2, 0.25) is 0 Å². The lowest BCUT2D eigenvalue weighted by atomic mass is 10.1. The normalized spacial score (nSPS) is 10.3. The molecule has 0 aliphatic carbocycles. The molecule has 6 heteroatoms. The number of nitrogens with zero attached hydrogens (tertiary/aromatic N) is 1. The van der Waals surface area contributed by atoms with Gasteiger partial charge in [0.25, 0.3) is 0 Å². The van der Waals surface area contributed by atoms with E-state index in [-0.39, 0.29) is 17.7 Å². The molecule has 0 bridgehead atoms. The first-order valence-corrected chi connectivity index (χ1v) is 5.85. The summed E-state index contributed by atoms with van der Waals surface area (Å²) in [4.78, 5) is 15.0.